The van der Waals surface area contributed by atoms with Crippen LogP contribution in [0.25, 0.3) is 11.2 Å². The Morgan fingerprint density at radius 1 is 1.50 bits per heavy atom. The van der Waals surface area contributed by atoms with Gasteiger partial charge in [0.2, 0.25) is 0 Å². The number of nitrogens with one attached hydrogen (secondary N) is 1. The quantitative estimate of drug-likeness (QED) is 0.654. The van der Waals surface area contributed by atoms with Gasteiger partial charge in [-0.3, -0.25) is 0 Å². The Kier molecular flexibility index (Phi) is 2.43. The van der Waals surface area contributed by atoms with Crippen molar-refractivity contribution in [2.75, 3.05) is 6.61 Å². The van der Waals surface area contributed by atoms with Crippen LogP contribution in [0.3, 0.4) is 0 Å². The third-order valence-corrected chi connectivity index (χ3v) is 2.20. The van der Waals surface area contributed by atoms with E-state index in [9.17, 15) is 0 Å². The van der Waals surface area contributed by atoms with E-state index in [2.05, 4.69) is 15.0 Å². The maximum absolute atomic E-state index is 8.80. The molecule has 0 aliphatic carbocycles. The zero-order valence-corrected chi connectivity index (χ0v) is 7.64. The van der Waals surface area contributed by atoms with Crippen molar-refractivity contribution in [2.45, 2.75) is 12.5 Å². The van der Waals surface area contributed by atoms with Crippen molar-refractivity contribution in [3.63, 3.8) is 0 Å². The number of aliphatic hydroxyl groups excluding tert-OH is 1. The highest BCUT2D eigenvalue weighted by atomic mass is 16.3. The molecule has 74 valence electrons. The Hall–Kier alpha value is -1.46. The zero-order valence-electron chi connectivity index (χ0n) is 7.64. The fourth-order valence-electron chi connectivity index (χ4n) is 1.47. The van der Waals surface area contributed by atoms with Crippen molar-refractivity contribution < 1.29 is 5.11 Å². The van der Waals surface area contributed by atoms with Gasteiger partial charge in [-0.15, -0.1) is 0 Å². The number of fused-ring (bicyclic) bond motifs is 1. The minimum absolute atomic E-state index is 0.0825. The second-order valence-corrected chi connectivity index (χ2v) is 3.12. The number of hydrogen-bond acceptors (Lipinski definition) is 4. The fourth-order valence-corrected chi connectivity index (χ4v) is 1.47. The molecule has 2 heterocycles. The summed E-state index contributed by atoms with van der Waals surface area (Å²) in [5.41, 5.74) is 8.36. The van der Waals surface area contributed by atoms with E-state index in [1.807, 2.05) is 6.07 Å². The summed E-state index contributed by atoms with van der Waals surface area (Å²) in [4.78, 5) is 11.1. The van der Waals surface area contributed by atoms with Gasteiger partial charge in [-0.05, 0) is 18.1 Å². The van der Waals surface area contributed by atoms with Crippen LogP contribution in [0.4, 0.5) is 0 Å². The van der Waals surface area contributed by atoms with Crippen LogP contribution in [0.1, 0.15) is 18.0 Å². The van der Waals surface area contributed by atoms with Crippen LogP contribution >= 0.6 is 0 Å². The van der Waals surface area contributed by atoms with Crippen LogP contribution < -0.4 is 5.73 Å². The molecule has 0 spiro atoms. The lowest BCUT2D eigenvalue weighted by molar-refractivity contribution is 0.277. The van der Waals surface area contributed by atoms with Crippen LogP contribution in [0.5, 0.6) is 0 Å². The van der Waals surface area contributed by atoms with Gasteiger partial charge in [0, 0.05) is 18.8 Å². The van der Waals surface area contributed by atoms with Crippen LogP contribution in [-0.4, -0.2) is 26.7 Å². The summed E-state index contributed by atoms with van der Waals surface area (Å²) >= 11 is 0. The molecule has 0 amide bonds. The minimum atomic E-state index is -0.175. The predicted molar refractivity (Wildman–Crippen MR) is 52.5 cm³/mol. The molecule has 2 aromatic heterocycles. The normalized spacial score (nSPS) is 13.3. The number of nitrogens with two attached hydrogens (primary N) is 1. The Labute approximate surface area is 81.0 Å². The highest BCUT2D eigenvalue weighted by molar-refractivity contribution is 5.74. The smallest absolute Gasteiger partial charge is 0.177 e. The minimum Gasteiger partial charge on any atom is -0.396 e. The van der Waals surface area contributed by atoms with Gasteiger partial charge in [0.25, 0.3) is 0 Å². The number of pyridine rings is 1. The number of H-pyrrole nitrogens is 1. The summed E-state index contributed by atoms with van der Waals surface area (Å²) in [6.07, 6.45) is 3.81. The average Bonchev–Trinajstić information content (AvgIpc) is 2.65. The third kappa shape index (κ3) is 1.47. The van der Waals surface area contributed by atoms with Crippen LogP contribution in [-0.2, 0) is 0 Å². The summed E-state index contributed by atoms with van der Waals surface area (Å²) in [7, 11) is 0. The number of hydrogen-bond donors (Lipinski definition) is 3. The van der Waals surface area contributed by atoms with Crippen molar-refractivity contribution in [2.24, 2.45) is 5.73 Å². The molecule has 0 fully saturated rings. The topological polar surface area (TPSA) is 87.8 Å². The van der Waals surface area contributed by atoms with Crippen LogP contribution in [0.2, 0.25) is 0 Å². The lowest BCUT2D eigenvalue weighted by atomic mass is 10.1. The van der Waals surface area contributed by atoms with Crippen molar-refractivity contribution >= 4 is 11.2 Å². The van der Waals surface area contributed by atoms with E-state index in [1.54, 1.807) is 12.5 Å². The Bertz CT molecular complexity index is 425. The van der Waals surface area contributed by atoms with E-state index in [0.717, 1.165) is 11.1 Å². The summed E-state index contributed by atoms with van der Waals surface area (Å²) in [6.45, 7) is 0.0825. The third-order valence-electron chi connectivity index (χ3n) is 2.20. The fraction of sp³-hybridized carbons (Fsp3) is 0.333. The van der Waals surface area contributed by atoms with Gasteiger partial charge < -0.3 is 15.8 Å². The molecule has 2 aromatic rings. The molecule has 0 bridgehead atoms. The zero-order chi connectivity index (χ0) is 9.97. The van der Waals surface area contributed by atoms with Gasteiger partial charge in [0.1, 0.15) is 0 Å². The predicted octanol–water partition coefficient (Wildman–Crippen LogP) is 0.340. The molecule has 5 nitrogen and oxygen atoms in total. The lowest BCUT2D eigenvalue weighted by Gasteiger charge is -2.10. The van der Waals surface area contributed by atoms with Crippen molar-refractivity contribution in [1.29, 1.82) is 0 Å². The van der Waals surface area contributed by atoms with Crippen LogP contribution in [0.15, 0.2) is 18.6 Å². The molecule has 4 N–H and O–H groups in total. The molecular formula is C9H12N4O. The Morgan fingerprint density at radius 2 is 2.36 bits per heavy atom. The molecule has 14 heavy (non-hydrogen) atoms. The number of aromatic nitrogens is 3. The molecule has 0 aliphatic heterocycles. The van der Waals surface area contributed by atoms with E-state index in [1.165, 1.54) is 0 Å². The van der Waals surface area contributed by atoms with E-state index in [-0.39, 0.29) is 12.6 Å². The molecule has 1 unspecified atom stereocenters. The summed E-state index contributed by atoms with van der Waals surface area (Å²) < 4.78 is 0. The molecule has 0 saturated heterocycles. The first-order valence-corrected chi connectivity index (χ1v) is 4.47. The Balaban J connectivity index is 2.45. The first-order chi connectivity index (χ1) is 6.83. The summed E-state index contributed by atoms with van der Waals surface area (Å²) in [5, 5.41) is 8.80. The monoisotopic (exact) mass is 192 g/mol. The van der Waals surface area contributed by atoms with Crippen molar-refractivity contribution in [3.05, 3.63) is 24.2 Å². The molecule has 0 aromatic carbocycles. The molecule has 5 heteroatoms. The van der Waals surface area contributed by atoms with Gasteiger partial charge in [0.15, 0.2) is 5.65 Å². The standard InChI is InChI=1S/C9H12N4O/c10-7(2-4-14)6-1-3-11-9-8(6)12-5-13-9/h1,3,5,7,14H,2,4,10H2,(H,11,12,13). The SMILES string of the molecule is NC(CCO)c1ccnc2nc[nH]c12. The molecule has 1 atom stereocenters. The number of rotatable bonds is 3. The first-order valence-electron chi connectivity index (χ1n) is 4.47. The average molecular weight is 192 g/mol. The van der Waals surface area contributed by atoms with E-state index in [4.69, 9.17) is 10.8 Å². The number of imidazole rings is 1. The van der Waals surface area contributed by atoms with Crippen molar-refractivity contribution in [3.8, 4) is 0 Å². The van der Waals surface area contributed by atoms with Gasteiger partial charge in [-0.2, -0.15) is 0 Å². The van der Waals surface area contributed by atoms with Gasteiger partial charge >= 0.3 is 0 Å². The molecular weight excluding hydrogens is 180 g/mol. The molecule has 0 radical (unpaired) electrons. The van der Waals surface area contributed by atoms with E-state index >= 15 is 0 Å². The maximum atomic E-state index is 8.80. The second-order valence-electron chi connectivity index (χ2n) is 3.12. The van der Waals surface area contributed by atoms with Gasteiger partial charge in [0.05, 0.1) is 11.8 Å². The van der Waals surface area contributed by atoms with E-state index in [0.29, 0.717) is 12.1 Å². The van der Waals surface area contributed by atoms with Crippen molar-refractivity contribution in [1.82, 2.24) is 15.0 Å². The summed E-state index contributed by atoms with van der Waals surface area (Å²) in [5.74, 6) is 0. The highest BCUT2D eigenvalue weighted by Gasteiger charge is 2.10. The van der Waals surface area contributed by atoms with Gasteiger partial charge in [-0.25, -0.2) is 9.97 Å². The van der Waals surface area contributed by atoms with Crippen LogP contribution in [0, 0.1) is 0 Å². The lowest BCUT2D eigenvalue weighted by Crippen LogP contribution is -2.12. The number of aromatic amines is 1. The van der Waals surface area contributed by atoms with E-state index < -0.39 is 0 Å². The molecule has 0 aliphatic rings. The maximum Gasteiger partial charge on any atom is 0.177 e. The van der Waals surface area contributed by atoms with Gasteiger partial charge in [-0.1, -0.05) is 0 Å². The first kappa shape index (κ1) is 9.11. The molecule has 0 saturated carbocycles. The summed E-state index contributed by atoms with van der Waals surface area (Å²) in [6, 6.07) is 1.67. The number of nitrogens with zero attached hydrogens (tertiary/aromatic N) is 2. The largest absolute Gasteiger partial charge is 0.396 e. The number of aliphatic hydroxyl groups is 1. The molecule has 2 rings (SSSR count). The second kappa shape index (κ2) is 3.73. The highest BCUT2D eigenvalue weighted by Crippen LogP contribution is 2.20. The Morgan fingerprint density at radius 3 is 3.14 bits per heavy atom.